The molecule has 0 saturated carbocycles. The van der Waals surface area contributed by atoms with Gasteiger partial charge in [-0.25, -0.2) is 4.39 Å². The first-order valence-corrected chi connectivity index (χ1v) is 10.2. The third-order valence-electron chi connectivity index (χ3n) is 5.56. The van der Waals surface area contributed by atoms with Crippen LogP contribution in [-0.2, 0) is 25.3 Å². The fourth-order valence-corrected chi connectivity index (χ4v) is 3.23. The third-order valence-corrected chi connectivity index (χ3v) is 5.56. The standard InChI is InChI=1S/C24H30BFO4/c1-22(2,3)28-21(27)14-16-8-10-17(11-9-16)18-12-13-19(20(26)15-18)25-29-23(4,5)24(6,7)30-25/h8-13,15H,14H2,1-7H3. The SMILES string of the molecule is CC(C)(C)OC(=O)Cc1ccc(-c2ccc(B3OC(C)(C)C(C)(C)O3)c(F)c2)cc1. The van der Waals surface area contributed by atoms with Crippen LogP contribution in [-0.4, -0.2) is 29.9 Å². The van der Waals surface area contributed by atoms with E-state index in [1.807, 2.05) is 78.8 Å². The molecule has 1 saturated heterocycles. The molecule has 1 aliphatic rings. The number of ether oxygens (including phenoxy) is 1. The van der Waals surface area contributed by atoms with E-state index in [0.717, 1.165) is 16.7 Å². The van der Waals surface area contributed by atoms with Crippen molar-refractivity contribution in [2.24, 2.45) is 0 Å². The lowest BCUT2D eigenvalue weighted by molar-refractivity contribution is -0.153. The van der Waals surface area contributed by atoms with Crippen molar-refractivity contribution < 1.29 is 23.2 Å². The smallest absolute Gasteiger partial charge is 0.460 e. The van der Waals surface area contributed by atoms with E-state index in [-0.39, 0.29) is 18.2 Å². The van der Waals surface area contributed by atoms with Crippen LogP contribution in [0.25, 0.3) is 11.1 Å². The average molecular weight is 412 g/mol. The largest absolute Gasteiger partial charge is 0.497 e. The first-order chi connectivity index (χ1) is 13.8. The van der Waals surface area contributed by atoms with Crippen LogP contribution in [0.2, 0.25) is 0 Å². The number of rotatable bonds is 4. The van der Waals surface area contributed by atoms with Crippen LogP contribution < -0.4 is 5.46 Å². The van der Waals surface area contributed by atoms with Crippen molar-refractivity contribution in [2.75, 3.05) is 0 Å². The molecule has 1 fully saturated rings. The van der Waals surface area contributed by atoms with Crippen molar-refractivity contribution in [3.8, 4) is 11.1 Å². The summed E-state index contributed by atoms with van der Waals surface area (Å²) in [5, 5.41) is 0. The molecule has 3 rings (SSSR count). The second-order valence-corrected chi connectivity index (χ2v) is 9.78. The van der Waals surface area contributed by atoms with E-state index >= 15 is 0 Å². The molecule has 30 heavy (non-hydrogen) atoms. The molecule has 0 aromatic heterocycles. The molecule has 0 unspecified atom stereocenters. The highest BCUT2D eigenvalue weighted by Gasteiger charge is 2.52. The van der Waals surface area contributed by atoms with Gasteiger partial charge in [0.15, 0.2) is 0 Å². The van der Waals surface area contributed by atoms with Crippen LogP contribution in [0.15, 0.2) is 42.5 Å². The number of carbonyl (C=O) groups is 1. The molecular weight excluding hydrogens is 382 g/mol. The molecule has 0 spiro atoms. The van der Waals surface area contributed by atoms with Crippen LogP contribution in [0, 0.1) is 5.82 Å². The fraction of sp³-hybridized carbons (Fsp3) is 0.458. The molecule has 6 heteroatoms. The monoisotopic (exact) mass is 412 g/mol. The molecule has 0 N–H and O–H groups in total. The molecule has 0 bridgehead atoms. The fourth-order valence-electron chi connectivity index (χ4n) is 3.23. The molecule has 1 aliphatic heterocycles. The van der Waals surface area contributed by atoms with E-state index in [1.165, 1.54) is 6.07 Å². The van der Waals surface area contributed by atoms with Crippen molar-refractivity contribution in [2.45, 2.75) is 71.7 Å². The van der Waals surface area contributed by atoms with Crippen LogP contribution in [0.1, 0.15) is 54.0 Å². The van der Waals surface area contributed by atoms with E-state index in [1.54, 1.807) is 6.07 Å². The van der Waals surface area contributed by atoms with E-state index in [4.69, 9.17) is 14.0 Å². The van der Waals surface area contributed by atoms with Gasteiger partial charge in [0, 0.05) is 5.46 Å². The van der Waals surface area contributed by atoms with E-state index in [2.05, 4.69) is 0 Å². The Kier molecular flexibility index (Phi) is 5.87. The number of esters is 1. The van der Waals surface area contributed by atoms with Crippen molar-refractivity contribution in [3.05, 3.63) is 53.8 Å². The Hall–Kier alpha value is -2.18. The number of hydrogen-bond acceptors (Lipinski definition) is 4. The molecule has 0 atom stereocenters. The van der Waals surface area contributed by atoms with Gasteiger partial charge in [0.1, 0.15) is 11.4 Å². The zero-order chi connectivity index (χ0) is 22.3. The Morgan fingerprint density at radius 1 is 0.967 bits per heavy atom. The Labute approximate surface area is 178 Å². The summed E-state index contributed by atoms with van der Waals surface area (Å²) in [6.45, 7) is 13.3. The number of benzene rings is 2. The molecule has 160 valence electrons. The molecule has 4 nitrogen and oxygen atoms in total. The average Bonchev–Trinajstić information content (AvgIpc) is 2.81. The summed E-state index contributed by atoms with van der Waals surface area (Å²) in [4.78, 5) is 12.0. The van der Waals surface area contributed by atoms with Gasteiger partial charge < -0.3 is 14.0 Å². The lowest BCUT2D eigenvalue weighted by Gasteiger charge is -2.32. The minimum Gasteiger partial charge on any atom is -0.460 e. The summed E-state index contributed by atoms with van der Waals surface area (Å²) < 4.78 is 32.1. The van der Waals surface area contributed by atoms with Crippen molar-refractivity contribution >= 4 is 18.6 Å². The van der Waals surface area contributed by atoms with E-state index in [9.17, 15) is 9.18 Å². The van der Waals surface area contributed by atoms with Crippen LogP contribution in [0.4, 0.5) is 4.39 Å². The summed E-state index contributed by atoms with van der Waals surface area (Å²) in [6, 6.07) is 12.5. The van der Waals surface area contributed by atoms with Crippen molar-refractivity contribution in [1.82, 2.24) is 0 Å². The van der Waals surface area contributed by atoms with Gasteiger partial charge >= 0.3 is 13.1 Å². The van der Waals surface area contributed by atoms with Crippen LogP contribution in [0.5, 0.6) is 0 Å². The van der Waals surface area contributed by atoms with Crippen molar-refractivity contribution in [3.63, 3.8) is 0 Å². The molecule has 0 amide bonds. The highest BCUT2D eigenvalue weighted by Crippen LogP contribution is 2.36. The summed E-state index contributed by atoms with van der Waals surface area (Å²) >= 11 is 0. The second kappa shape index (κ2) is 7.82. The van der Waals surface area contributed by atoms with Gasteiger partial charge in [0.05, 0.1) is 17.6 Å². The van der Waals surface area contributed by atoms with Gasteiger partial charge in [-0.2, -0.15) is 0 Å². The van der Waals surface area contributed by atoms with Gasteiger partial charge in [-0.3, -0.25) is 4.79 Å². The van der Waals surface area contributed by atoms with Crippen LogP contribution in [0.3, 0.4) is 0 Å². The Balaban J connectivity index is 1.73. The van der Waals surface area contributed by atoms with Gasteiger partial charge in [-0.05, 0) is 71.2 Å². The Morgan fingerprint density at radius 2 is 1.50 bits per heavy atom. The van der Waals surface area contributed by atoms with Gasteiger partial charge in [0.2, 0.25) is 0 Å². The maximum atomic E-state index is 14.9. The quantitative estimate of drug-likeness (QED) is 0.541. The second-order valence-electron chi connectivity index (χ2n) is 9.78. The zero-order valence-corrected chi connectivity index (χ0v) is 18.8. The normalized spacial score (nSPS) is 17.8. The molecule has 1 heterocycles. The predicted molar refractivity (Wildman–Crippen MR) is 117 cm³/mol. The molecule has 2 aromatic carbocycles. The molecule has 0 aliphatic carbocycles. The molecule has 0 radical (unpaired) electrons. The lowest BCUT2D eigenvalue weighted by atomic mass is 9.78. The van der Waals surface area contributed by atoms with E-state index < -0.39 is 23.9 Å². The summed E-state index contributed by atoms with van der Waals surface area (Å²) in [7, 11) is -0.736. The number of hydrogen-bond donors (Lipinski definition) is 0. The number of halogens is 1. The highest BCUT2D eigenvalue weighted by atomic mass is 19.1. The Morgan fingerprint density at radius 3 is 2.00 bits per heavy atom. The molecular formula is C24H30BFO4. The van der Waals surface area contributed by atoms with Gasteiger partial charge in [0.25, 0.3) is 0 Å². The van der Waals surface area contributed by atoms with Gasteiger partial charge in [-0.15, -0.1) is 0 Å². The maximum absolute atomic E-state index is 14.9. The predicted octanol–water partition coefficient (Wildman–Crippen LogP) is 4.68. The Bertz CT molecular complexity index is 913. The summed E-state index contributed by atoms with van der Waals surface area (Å²) in [6.07, 6.45) is 0.201. The lowest BCUT2D eigenvalue weighted by Crippen LogP contribution is -2.41. The summed E-state index contributed by atoms with van der Waals surface area (Å²) in [5.74, 6) is -0.642. The topological polar surface area (TPSA) is 44.8 Å². The first kappa shape index (κ1) is 22.5. The molecule has 2 aromatic rings. The van der Waals surface area contributed by atoms with E-state index in [0.29, 0.717) is 5.46 Å². The minimum atomic E-state index is -0.736. The minimum absolute atomic E-state index is 0.201. The van der Waals surface area contributed by atoms with Crippen LogP contribution >= 0.6 is 0 Å². The van der Waals surface area contributed by atoms with Gasteiger partial charge in [-0.1, -0.05) is 36.4 Å². The maximum Gasteiger partial charge on any atom is 0.497 e. The third kappa shape index (κ3) is 4.93. The van der Waals surface area contributed by atoms with Crippen molar-refractivity contribution in [1.29, 1.82) is 0 Å². The number of carbonyl (C=O) groups excluding carboxylic acids is 1. The zero-order valence-electron chi connectivity index (χ0n) is 18.8. The first-order valence-electron chi connectivity index (χ1n) is 10.2. The highest BCUT2D eigenvalue weighted by molar-refractivity contribution is 6.62. The summed E-state index contributed by atoms with van der Waals surface area (Å²) in [5.41, 5.74) is 1.30.